The van der Waals surface area contributed by atoms with E-state index in [-0.39, 0.29) is 19.0 Å². The summed E-state index contributed by atoms with van der Waals surface area (Å²) >= 11 is 0. The fourth-order valence-electron chi connectivity index (χ4n) is 1.47. The first-order valence-corrected chi connectivity index (χ1v) is 6.92. The third kappa shape index (κ3) is 7.88. The maximum absolute atomic E-state index is 11.4. The molecule has 0 aromatic carbocycles. The summed E-state index contributed by atoms with van der Waals surface area (Å²) in [7, 11) is 0. The van der Waals surface area contributed by atoms with Gasteiger partial charge in [-0.25, -0.2) is 4.79 Å². The summed E-state index contributed by atoms with van der Waals surface area (Å²) in [6.45, 7) is 2.01. The molecule has 22 heavy (non-hydrogen) atoms. The number of nitrogens with one attached hydrogen (secondary N) is 1. The van der Waals surface area contributed by atoms with E-state index in [1.54, 1.807) is 19.1 Å². The van der Waals surface area contributed by atoms with Crippen molar-refractivity contribution < 1.29 is 28.3 Å². The summed E-state index contributed by atoms with van der Waals surface area (Å²) in [6, 6.07) is 3.37. The summed E-state index contributed by atoms with van der Waals surface area (Å²) in [5, 5.41) is 2.54. The van der Waals surface area contributed by atoms with E-state index in [1.165, 1.54) is 18.4 Å². The van der Waals surface area contributed by atoms with Gasteiger partial charge in [-0.3, -0.25) is 9.59 Å². The summed E-state index contributed by atoms with van der Waals surface area (Å²) in [5.74, 6) is -0.853. The molecule has 7 heteroatoms. The van der Waals surface area contributed by atoms with Crippen molar-refractivity contribution in [2.45, 2.75) is 19.8 Å². The Morgan fingerprint density at radius 3 is 2.82 bits per heavy atom. The van der Waals surface area contributed by atoms with Crippen LogP contribution in [0.25, 0.3) is 6.08 Å². The highest BCUT2D eigenvalue weighted by atomic mass is 16.5. The zero-order valence-electron chi connectivity index (χ0n) is 12.4. The largest absolute Gasteiger partial charge is 0.466 e. The Balaban J connectivity index is 2.10. The molecule has 1 aromatic heterocycles. The number of carbonyl (C=O) groups is 3. The third-order valence-electron chi connectivity index (χ3n) is 2.46. The smallest absolute Gasteiger partial charge is 0.331 e. The van der Waals surface area contributed by atoms with E-state index >= 15 is 0 Å². The second kappa shape index (κ2) is 10.2. The Hall–Kier alpha value is -2.57. The minimum atomic E-state index is -0.641. The van der Waals surface area contributed by atoms with Gasteiger partial charge in [-0.05, 0) is 31.6 Å². The lowest BCUT2D eigenvalue weighted by atomic mass is 10.3. The molecule has 1 amide bonds. The first-order chi connectivity index (χ1) is 10.6. The van der Waals surface area contributed by atoms with Gasteiger partial charge in [0.15, 0.2) is 6.61 Å². The summed E-state index contributed by atoms with van der Waals surface area (Å²) in [4.78, 5) is 33.8. The van der Waals surface area contributed by atoms with Crippen molar-refractivity contribution in [3.63, 3.8) is 0 Å². The Morgan fingerprint density at radius 1 is 1.32 bits per heavy atom. The van der Waals surface area contributed by atoms with Gasteiger partial charge in [0.25, 0.3) is 5.91 Å². The molecule has 1 heterocycles. The van der Waals surface area contributed by atoms with Crippen LogP contribution in [0.15, 0.2) is 28.9 Å². The number of rotatable bonds is 9. The molecule has 120 valence electrons. The van der Waals surface area contributed by atoms with E-state index in [4.69, 9.17) is 13.9 Å². The molecule has 0 fully saturated rings. The van der Waals surface area contributed by atoms with Crippen molar-refractivity contribution in [3.05, 3.63) is 30.2 Å². The van der Waals surface area contributed by atoms with Crippen molar-refractivity contribution in [2.75, 3.05) is 19.8 Å². The average molecular weight is 309 g/mol. The van der Waals surface area contributed by atoms with Crippen LogP contribution in [0.1, 0.15) is 25.5 Å². The molecule has 0 aliphatic rings. The fraction of sp³-hybridized carbons (Fsp3) is 0.400. The number of furan rings is 1. The Kier molecular flexibility index (Phi) is 8.10. The summed E-state index contributed by atoms with van der Waals surface area (Å²) < 4.78 is 14.5. The van der Waals surface area contributed by atoms with E-state index in [2.05, 4.69) is 5.32 Å². The van der Waals surface area contributed by atoms with Crippen LogP contribution in [-0.4, -0.2) is 37.6 Å². The molecule has 0 spiro atoms. The van der Waals surface area contributed by atoms with Crippen molar-refractivity contribution in [1.82, 2.24) is 5.32 Å². The van der Waals surface area contributed by atoms with Crippen molar-refractivity contribution in [3.8, 4) is 0 Å². The lowest BCUT2D eigenvalue weighted by Crippen LogP contribution is -2.29. The molecular weight excluding hydrogens is 290 g/mol. The number of hydrogen-bond acceptors (Lipinski definition) is 6. The molecule has 0 saturated heterocycles. The molecule has 1 rings (SSSR count). The Labute approximate surface area is 128 Å². The van der Waals surface area contributed by atoms with E-state index in [0.717, 1.165) is 0 Å². The SMILES string of the molecule is CCOC(=O)CCCNC(=O)COC(=O)/C=C/c1ccco1. The monoisotopic (exact) mass is 309 g/mol. The van der Waals surface area contributed by atoms with Gasteiger partial charge in [0.1, 0.15) is 5.76 Å². The molecule has 0 aliphatic heterocycles. The second-order valence-corrected chi connectivity index (χ2v) is 4.21. The van der Waals surface area contributed by atoms with E-state index in [0.29, 0.717) is 25.3 Å². The van der Waals surface area contributed by atoms with Gasteiger partial charge in [0, 0.05) is 19.0 Å². The van der Waals surface area contributed by atoms with E-state index < -0.39 is 11.9 Å². The first-order valence-electron chi connectivity index (χ1n) is 6.92. The van der Waals surface area contributed by atoms with Crippen LogP contribution in [0.2, 0.25) is 0 Å². The maximum atomic E-state index is 11.4. The first kappa shape index (κ1) is 17.5. The summed E-state index contributed by atoms with van der Waals surface area (Å²) in [6.07, 6.45) is 4.80. The molecule has 0 unspecified atom stereocenters. The molecule has 0 atom stereocenters. The second-order valence-electron chi connectivity index (χ2n) is 4.21. The third-order valence-corrected chi connectivity index (χ3v) is 2.46. The van der Waals surface area contributed by atoms with Crippen molar-refractivity contribution >= 4 is 23.9 Å². The van der Waals surface area contributed by atoms with Crippen LogP contribution in [-0.2, 0) is 23.9 Å². The predicted molar refractivity (Wildman–Crippen MR) is 77.6 cm³/mol. The number of amides is 1. The molecule has 7 nitrogen and oxygen atoms in total. The van der Waals surface area contributed by atoms with Gasteiger partial charge in [0.2, 0.25) is 0 Å². The van der Waals surface area contributed by atoms with Crippen LogP contribution in [0.4, 0.5) is 0 Å². The van der Waals surface area contributed by atoms with Crippen LogP contribution in [0.5, 0.6) is 0 Å². The maximum Gasteiger partial charge on any atom is 0.331 e. The van der Waals surface area contributed by atoms with Crippen molar-refractivity contribution in [2.24, 2.45) is 0 Å². The van der Waals surface area contributed by atoms with Gasteiger partial charge in [-0.1, -0.05) is 0 Å². The van der Waals surface area contributed by atoms with E-state index in [1.807, 2.05) is 0 Å². The number of esters is 2. The quantitative estimate of drug-likeness (QED) is 0.420. The minimum Gasteiger partial charge on any atom is -0.466 e. The van der Waals surface area contributed by atoms with Crippen molar-refractivity contribution in [1.29, 1.82) is 0 Å². The van der Waals surface area contributed by atoms with Crippen LogP contribution in [0.3, 0.4) is 0 Å². The molecular formula is C15H19NO6. The van der Waals surface area contributed by atoms with Gasteiger partial charge in [-0.2, -0.15) is 0 Å². The zero-order valence-corrected chi connectivity index (χ0v) is 12.4. The topological polar surface area (TPSA) is 94.8 Å². The highest BCUT2D eigenvalue weighted by molar-refractivity contribution is 5.88. The average Bonchev–Trinajstić information content (AvgIpc) is 3.01. The van der Waals surface area contributed by atoms with Crippen LogP contribution < -0.4 is 5.32 Å². The van der Waals surface area contributed by atoms with Gasteiger partial charge in [-0.15, -0.1) is 0 Å². The van der Waals surface area contributed by atoms with Crippen LogP contribution in [0, 0.1) is 0 Å². The zero-order chi connectivity index (χ0) is 16.2. The van der Waals surface area contributed by atoms with E-state index in [9.17, 15) is 14.4 Å². The molecule has 0 aliphatic carbocycles. The molecule has 1 N–H and O–H groups in total. The Morgan fingerprint density at radius 2 is 2.14 bits per heavy atom. The van der Waals surface area contributed by atoms with Crippen LogP contribution >= 0.6 is 0 Å². The fourth-order valence-corrected chi connectivity index (χ4v) is 1.47. The normalized spacial score (nSPS) is 10.4. The number of hydrogen-bond donors (Lipinski definition) is 1. The minimum absolute atomic E-state index is 0.236. The lowest BCUT2D eigenvalue weighted by Gasteiger charge is -2.05. The number of carbonyl (C=O) groups excluding carboxylic acids is 3. The molecule has 1 aromatic rings. The van der Waals surface area contributed by atoms with Gasteiger partial charge in [0.05, 0.1) is 12.9 Å². The highest BCUT2D eigenvalue weighted by Crippen LogP contribution is 2.02. The molecule has 0 bridgehead atoms. The number of ether oxygens (including phenoxy) is 2. The highest BCUT2D eigenvalue weighted by Gasteiger charge is 2.06. The standard InChI is InChI=1S/C15H19NO6/c1-2-20-14(18)6-3-9-16-13(17)11-22-15(19)8-7-12-5-4-10-21-12/h4-5,7-8,10H,2-3,6,9,11H2,1H3,(H,16,17)/b8-7+. The lowest BCUT2D eigenvalue weighted by molar-refractivity contribution is -0.143. The van der Waals surface area contributed by atoms with Gasteiger partial charge < -0.3 is 19.2 Å². The molecule has 0 saturated carbocycles. The Bertz CT molecular complexity index is 506. The molecule has 0 radical (unpaired) electrons. The summed E-state index contributed by atoms with van der Waals surface area (Å²) in [5.41, 5.74) is 0. The predicted octanol–water partition coefficient (Wildman–Crippen LogP) is 1.30. The van der Waals surface area contributed by atoms with Gasteiger partial charge >= 0.3 is 11.9 Å².